The SMILES string of the molecule is CC(C)c1ccc(OC2CCC(=O)NC2=O)cn1. The van der Waals surface area contributed by atoms with Crippen LogP contribution in [-0.2, 0) is 9.59 Å². The van der Waals surface area contributed by atoms with Gasteiger partial charge in [-0.15, -0.1) is 0 Å². The number of pyridine rings is 1. The van der Waals surface area contributed by atoms with E-state index in [1.165, 1.54) is 0 Å². The number of carbonyl (C=O) groups excluding carboxylic acids is 2. The van der Waals surface area contributed by atoms with Crippen LogP contribution in [0.3, 0.4) is 0 Å². The molecule has 1 aromatic heterocycles. The Bertz CT molecular complexity index is 454. The second-order valence-electron chi connectivity index (χ2n) is 4.63. The lowest BCUT2D eigenvalue weighted by molar-refractivity contribution is -0.138. The molecule has 1 N–H and O–H groups in total. The van der Waals surface area contributed by atoms with E-state index in [1.807, 2.05) is 6.07 Å². The van der Waals surface area contributed by atoms with Gasteiger partial charge in [-0.05, 0) is 18.1 Å². The van der Waals surface area contributed by atoms with Gasteiger partial charge >= 0.3 is 0 Å². The fraction of sp³-hybridized carbons (Fsp3) is 0.462. The van der Waals surface area contributed by atoms with E-state index in [-0.39, 0.29) is 11.8 Å². The quantitative estimate of drug-likeness (QED) is 0.821. The predicted molar refractivity (Wildman–Crippen MR) is 65.1 cm³/mol. The second-order valence-corrected chi connectivity index (χ2v) is 4.63. The molecule has 2 amide bonds. The number of nitrogens with one attached hydrogen (secondary N) is 1. The smallest absolute Gasteiger partial charge is 0.267 e. The summed E-state index contributed by atoms with van der Waals surface area (Å²) in [5.74, 6) is 0.288. The molecule has 1 aliphatic rings. The monoisotopic (exact) mass is 248 g/mol. The normalized spacial score (nSPS) is 19.8. The standard InChI is InChI=1S/C13H16N2O3/c1-8(2)10-4-3-9(7-14-10)18-11-5-6-12(16)15-13(11)17/h3-4,7-8,11H,5-6H2,1-2H3,(H,15,16,17). The molecule has 18 heavy (non-hydrogen) atoms. The molecule has 5 heteroatoms. The summed E-state index contributed by atoms with van der Waals surface area (Å²) < 4.78 is 5.52. The Morgan fingerprint density at radius 2 is 2.17 bits per heavy atom. The van der Waals surface area contributed by atoms with Crippen molar-refractivity contribution < 1.29 is 14.3 Å². The maximum atomic E-state index is 11.5. The molecule has 1 unspecified atom stereocenters. The predicted octanol–water partition coefficient (Wildman–Crippen LogP) is 1.39. The minimum Gasteiger partial charge on any atom is -0.479 e. The first-order chi connectivity index (χ1) is 8.56. The molecule has 0 aliphatic carbocycles. The maximum absolute atomic E-state index is 11.5. The van der Waals surface area contributed by atoms with Crippen LogP contribution in [0.2, 0.25) is 0 Å². The molecule has 2 rings (SSSR count). The average Bonchev–Trinajstić information content (AvgIpc) is 2.33. The summed E-state index contributed by atoms with van der Waals surface area (Å²) >= 11 is 0. The molecule has 1 aliphatic heterocycles. The maximum Gasteiger partial charge on any atom is 0.267 e. The summed E-state index contributed by atoms with van der Waals surface area (Å²) in [6.45, 7) is 4.12. The Morgan fingerprint density at radius 1 is 1.39 bits per heavy atom. The number of hydrogen-bond donors (Lipinski definition) is 1. The van der Waals surface area contributed by atoms with Gasteiger partial charge in [0.15, 0.2) is 6.10 Å². The molecule has 1 atom stereocenters. The number of carbonyl (C=O) groups is 2. The summed E-state index contributed by atoms with van der Waals surface area (Å²) in [5, 5.41) is 2.26. The largest absolute Gasteiger partial charge is 0.479 e. The summed E-state index contributed by atoms with van der Waals surface area (Å²) in [6, 6.07) is 3.68. The number of piperidine rings is 1. The van der Waals surface area contributed by atoms with Crippen molar-refractivity contribution in [3.05, 3.63) is 24.0 Å². The van der Waals surface area contributed by atoms with Crippen LogP contribution >= 0.6 is 0 Å². The first-order valence-corrected chi connectivity index (χ1v) is 6.02. The van der Waals surface area contributed by atoms with Gasteiger partial charge < -0.3 is 4.74 Å². The zero-order valence-electron chi connectivity index (χ0n) is 10.5. The summed E-state index contributed by atoms with van der Waals surface area (Å²) in [5.41, 5.74) is 0.977. The lowest BCUT2D eigenvalue weighted by Crippen LogP contribution is -2.46. The highest BCUT2D eigenvalue weighted by Gasteiger charge is 2.28. The Hall–Kier alpha value is -1.91. The van der Waals surface area contributed by atoms with Crippen LogP contribution in [0.1, 0.15) is 38.3 Å². The van der Waals surface area contributed by atoms with Crippen molar-refractivity contribution in [2.75, 3.05) is 0 Å². The number of imide groups is 1. The molecule has 5 nitrogen and oxygen atoms in total. The van der Waals surface area contributed by atoms with Gasteiger partial charge in [-0.1, -0.05) is 13.8 Å². The van der Waals surface area contributed by atoms with Crippen LogP contribution in [0.15, 0.2) is 18.3 Å². The molecule has 0 bridgehead atoms. The first kappa shape index (κ1) is 12.5. The zero-order valence-corrected chi connectivity index (χ0v) is 10.5. The van der Waals surface area contributed by atoms with Crippen LogP contribution in [0.5, 0.6) is 5.75 Å². The molecule has 1 saturated heterocycles. The van der Waals surface area contributed by atoms with Gasteiger partial charge in [0, 0.05) is 18.5 Å². The number of amides is 2. The Morgan fingerprint density at radius 3 is 2.72 bits per heavy atom. The van der Waals surface area contributed by atoms with E-state index in [2.05, 4.69) is 24.1 Å². The highest BCUT2D eigenvalue weighted by molar-refractivity contribution is 5.99. The first-order valence-electron chi connectivity index (χ1n) is 6.02. The van der Waals surface area contributed by atoms with Gasteiger partial charge in [0.25, 0.3) is 5.91 Å². The molecule has 2 heterocycles. The highest BCUT2D eigenvalue weighted by atomic mass is 16.5. The Kier molecular flexibility index (Phi) is 3.60. The molecular formula is C13H16N2O3. The molecule has 96 valence electrons. The van der Waals surface area contributed by atoms with Crippen molar-refractivity contribution >= 4 is 11.8 Å². The fourth-order valence-electron chi connectivity index (χ4n) is 1.75. The molecular weight excluding hydrogens is 232 g/mol. The van der Waals surface area contributed by atoms with E-state index in [9.17, 15) is 9.59 Å². The van der Waals surface area contributed by atoms with Crippen LogP contribution in [0, 0.1) is 0 Å². The van der Waals surface area contributed by atoms with E-state index in [4.69, 9.17) is 4.74 Å². The topological polar surface area (TPSA) is 68.3 Å². The lowest BCUT2D eigenvalue weighted by atomic mass is 10.1. The van der Waals surface area contributed by atoms with Crippen molar-refractivity contribution in [2.45, 2.75) is 38.7 Å². The van der Waals surface area contributed by atoms with Crippen LogP contribution < -0.4 is 10.1 Å². The minimum atomic E-state index is -0.602. The third-order valence-corrected chi connectivity index (χ3v) is 2.82. The molecule has 0 radical (unpaired) electrons. The van der Waals surface area contributed by atoms with E-state index < -0.39 is 6.10 Å². The van der Waals surface area contributed by atoms with Crippen molar-refractivity contribution in [1.82, 2.24) is 10.3 Å². The zero-order chi connectivity index (χ0) is 13.1. The third-order valence-electron chi connectivity index (χ3n) is 2.82. The number of nitrogens with zero attached hydrogens (tertiary/aromatic N) is 1. The van der Waals surface area contributed by atoms with Crippen LogP contribution in [0.25, 0.3) is 0 Å². The van der Waals surface area contributed by atoms with Gasteiger partial charge in [0.2, 0.25) is 5.91 Å². The molecule has 0 spiro atoms. The van der Waals surface area contributed by atoms with Gasteiger partial charge in [-0.2, -0.15) is 0 Å². The van der Waals surface area contributed by atoms with Gasteiger partial charge in [-0.3, -0.25) is 19.9 Å². The Labute approximate surface area is 106 Å². The molecule has 0 aromatic carbocycles. The minimum absolute atomic E-state index is 0.242. The molecule has 1 aromatic rings. The second kappa shape index (κ2) is 5.16. The van der Waals surface area contributed by atoms with E-state index >= 15 is 0 Å². The van der Waals surface area contributed by atoms with Crippen molar-refractivity contribution in [1.29, 1.82) is 0 Å². The summed E-state index contributed by atoms with van der Waals surface area (Å²) in [6.07, 6.45) is 1.73. The summed E-state index contributed by atoms with van der Waals surface area (Å²) in [7, 11) is 0. The summed E-state index contributed by atoms with van der Waals surface area (Å²) in [4.78, 5) is 26.8. The van der Waals surface area contributed by atoms with E-state index in [0.29, 0.717) is 24.5 Å². The van der Waals surface area contributed by atoms with Gasteiger partial charge in [0.05, 0.1) is 6.20 Å². The average molecular weight is 248 g/mol. The Balaban J connectivity index is 2.01. The third kappa shape index (κ3) is 2.85. The van der Waals surface area contributed by atoms with Crippen LogP contribution in [-0.4, -0.2) is 22.9 Å². The van der Waals surface area contributed by atoms with Crippen molar-refractivity contribution in [3.63, 3.8) is 0 Å². The molecule has 1 fully saturated rings. The number of aromatic nitrogens is 1. The van der Waals surface area contributed by atoms with E-state index in [1.54, 1.807) is 12.3 Å². The molecule has 0 saturated carbocycles. The lowest BCUT2D eigenvalue weighted by Gasteiger charge is -2.21. The van der Waals surface area contributed by atoms with Crippen LogP contribution in [0.4, 0.5) is 0 Å². The number of ether oxygens (including phenoxy) is 1. The van der Waals surface area contributed by atoms with Crippen molar-refractivity contribution in [3.8, 4) is 5.75 Å². The van der Waals surface area contributed by atoms with Gasteiger partial charge in [0.1, 0.15) is 5.75 Å². The van der Waals surface area contributed by atoms with E-state index in [0.717, 1.165) is 5.69 Å². The number of rotatable bonds is 3. The van der Waals surface area contributed by atoms with Gasteiger partial charge in [-0.25, -0.2) is 0 Å². The van der Waals surface area contributed by atoms with Crippen molar-refractivity contribution in [2.24, 2.45) is 0 Å². The number of hydrogen-bond acceptors (Lipinski definition) is 4. The fourth-order valence-corrected chi connectivity index (χ4v) is 1.75. The highest BCUT2D eigenvalue weighted by Crippen LogP contribution is 2.18.